The van der Waals surface area contributed by atoms with Crippen LogP contribution in [0.3, 0.4) is 0 Å². The fourth-order valence-electron chi connectivity index (χ4n) is 2.15. The Morgan fingerprint density at radius 1 is 1.35 bits per heavy atom. The summed E-state index contributed by atoms with van der Waals surface area (Å²) in [5, 5.41) is 2.96. The molecule has 2 amide bonds. The first kappa shape index (κ1) is 14.5. The number of rotatable bonds is 6. The quantitative estimate of drug-likeness (QED) is 0.632. The van der Waals surface area contributed by atoms with Crippen molar-refractivity contribution < 1.29 is 18.7 Å². The third-order valence-electron chi connectivity index (χ3n) is 3.16. The highest BCUT2D eigenvalue weighted by Gasteiger charge is 2.37. The summed E-state index contributed by atoms with van der Waals surface area (Å²) in [6.07, 6.45) is 0.750. The topological polar surface area (TPSA) is 58.6 Å². The molecule has 1 aromatic carbocycles. The maximum Gasteiger partial charge on any atom is 0.252 e. The Morgan fingerprint density at radius 2 is 2.05 bits per heavy atom. The lowest BCUT2D eigenvalue weighted by atomic mass is 10.2. The van der Waals surface area contributed by atoms with Gasteiger partial charge in [0.05, 0.1) is 6.42 Å². The molecule has 1 unspecified atom stereocenters. The summed E-state index contributed by atoms with van der Waals surface area (Å²) in [5.41, 5.74) is 0.622. The summed E-state index contributed by atoms with van der Waals surface area (Å²) in [6.45, 7) is 0.875. The number of hydrogen-bond acceptors (Lipinski definition) is 4. The molecule has 1 atom stereocenters. The lowest BCUT2D eigenvalue weighted by molar-refractivity contribution is -0.138. The van der Waals surface area contributed by atoms with E-state index < -0.39 is 6.04 Å². The number of anilines is 1. The molecule has 0 aromatic heterocycles. The predicted octanol–water partition coefficient (Wildman–Crippen LogP) is 1.40. The van der Waals surface area contributed by atoms with E-state index in [4.69, 9.17) is 4.74 Å². The zero-order valence-corrected chi connectivity index (χ0v) is 11.3. The Bertz CT molecular complexity index is 490. The second-order valence-electron chi connectivity index (χ2n) is 4.64. The molecule has 1 aromatic rings. The van der Waals surface area contributed by atoms with Crippen LogP contribution in [-0.2, 0) is 14.3 Å². The lowest BCUT2D eigenvalue weighted by Gasteiger charge is -2.15. The van der Waals surface area contributed by atoms with E-state index in [0.717, 1.165) is 0 Å². The maximum atomic E-state index is 12.8. The van der Waals surface area contributed by atoms with Crippen LogP contribution in [0.15, 0.2) is 24.3 Å². The number of nitrogens with zero attached hydrogens (tertiary/aromatic N) is 1. The second kappa shape index (κ2) is 6.47. The van der Waals surface area contributed by atoms with Crippen LogP contribution in [0.2, 0.25) is 0 Å². The average molecular weight is 280 g/mol. The number of benzene rings is 1. The SMILES string of the molecule is COCCCN1C(=O)CC(Nc2ccc(F)cc2)C1=O. The summed E-state index contributed by atoms with van der Waals surface area (Å²) in [5.74, 6) is -0.772. The van der Waals surface area contributed by atoms with Crippen LogP contribution in [0.25, 0.3) is 0 Å². The lowest BCUT2D eigenvalue weighted by Crippen LogP contribution is -2.35. The van der Waals surface area contributed by atoms with Crippen LogP contribution in [-0.4, -0.2) is 43.0 Å². The number of imide groups is 1. The number of halogens is 1. The van der Waals surface area contributed by atoms with Gasteiger partial charge >= 0.3 is 0 Å². The Balaban J connectivity index is 1.95. The number of nitrogens with one attached hydrogen (secondary N) is 1. The first-order chi connectivity index (χ1) is 9.61. The molecule has 2 rings (SSSR count). The first-order valence-electron chi connectivity index (χ1n) is 6.47. The average Bonchev–Trinajstić information content (AvgIpc) is 2.69. The van der Waals surface area contributed by atoms with Gasteiger partial charge in [-0.25, -0.2) is 4.39 Å². The van der Waals surface area contributed by atoms with Crippen molar-refractivity contribution in [1.82, 2.24) is 4.90 Å². The number of carbonyl (C=O) groups excluding carboxylic acids is 2. The molecule has 1 aliphatic rings. The zero-order chi connectivity index (χ0) is 14.5. The molecular formula is C14H17FN2O3. The van der Waals surface area contributed by atoms with Crippen molar-refractivity contribution in [3.8, 4) is 0 Å². The highest BCUT2D eigenvalue weighted by molar-refractivity contribution is 6.06. The number of methoxy groups -OCH3 is 1. The molecule has 108 valence electrons. The fourth-order valence-corrected chi connectivity index (χ4v) is 2.15. The summed E-state index contributed by atoms with van der Waals surface area (Å²) in [7, 11) is 1.58. The predicted molar refractivity (Wildman–Crippen MR) is 71.6 cm³/mol. The van der Waals surface area contributed by atoms with Gasteiger partial charge in [-0.3, -0.25) is 14.5 Å². The molecule has 1 aliphatic heterocycles. The number of amides is 2. The van der Waals surface area contributed by atoms with Crippen LogP contribution in [0.4, 0.5) is 10.1 Å². The first-order valence-corrected chi connectivity index (χ1v) is 6.47. The standard InChI is InChI=1S/C14H17FN2O3/c1-20-8-2-7-17-13(18)9-12(14(17)19)16-11-5-3-10(15)4-6-11/h3-6,12,16H,2,7-9H2,1H3. The minimum absolute atomic E-state index is 0.128. The molecule has 5 nitrogen and oxygen atoms in total. The van der Waals surface area contributed by atoms with E-state index in [1.807, 2.05) is 0 Å². The van der Waals surface area contributed by atoms with E-state index in [1.165, 1.54) is 17.0 Å². The van der Waals surface area contributed by atoms with Crippen LogP contribution >= 0.6 is 0 Å². The van der Waals surface area contributed by atoms with Crippen LogP contribution in [0, 0.1) is 5.82 Å². The highest BCUT2D eigenvalue weighted by atomic mass is 19.1. The van der Waals surface area contributed by atoms with Gasteiger partial charge < -0.3 is 10.1 Å². The molecule has 6 heteroatoms. The Kier molecular flexibility index (Phi) is 4.68. The van der Waals surface area contributed by atoms with E-state index in [0.29, 0.717) is 25.3 Å². The summed E-state index contributed by atoms with van der Waals surface area (Å²) in [4.78, 5) is 25.2. The van der Waals surface area contributed by atoms with Crippen LogP contribution in [0.1, 0.15) is 12.8 Å². The number of likely N-dealkylation sites (tertiary alicyclic amines) is 1. The normalized spacial score (nSPS) is 18.7. The molecule has 0 saturated carbocycles. The van der Waals surface area contributed by atoms with E-state index in [-0.39, 0.29) is 24.1 Å². The number of ether oxygens (including phenoxy) is 1. The van der Waals surface area contributed by atoms with Gasteiger partial charge in [-0.05, 0) is 30.7 Å². The van der Waals surface area contributed by atoms with Crippen molar-refractivity contribution in [3.05, 3.63) is 30.1 Å². The van der Waals surface area contributed by atoms with Gasteiger partial charge in [0.15, 0.2) is 0 Å². The van der Waals surface area contributed by atoms with Crippen molar-refractivity contribution in [3.63, 3.8) is 0 Å². The second-order valence-corrected chi connectivity index (χ2v) is 4.64. The van der Waals surface area contributed by atoms with Gasteiger partial charge in [-0.2, -0.15) is 0 Å². The van der Waals surface area contributed by atoms with Crippen molar-refractivity contribution in [1.29, 1.82) is 0 Å². The van der Waals surface area contributed by atoms with Crippen molar-refractivity contribution >= 4 is 17.5 Å². The molecule has 1 saturated heterocycles. The largest absolute Gasteiger partial charge is 0.385 e. The van der Waals surface area contributed by atoms with E-state index in [2.05, 4.69) is 5.32 Å². The molecule has 0 spiro atoms. The summed E-state index contributed by atoms with van der Waals surface area (Å²) >= 11 is 0. The molecule has 1 N–H and O–H groups in total. The van der Waals surface area contributed by atoms with Crippen molar-refractivity contribution in [2.45, 2.75) is 18.9 Å². The molecular weight excluding hydrogens is 263 g/mol. The Morgan fingerprint density at radius 3 is 2.70 bits per heavy atom. The number of carbonyl (C=O) groups is 2. The maximum absolute atomic E-state index is 12.8. The van der Waals surface area contributed by atoms with Crippen LogP contribution in [0.5, 0.6) is 0 Å². The van der Waals surface area contributed by atoms with Crippen molar-refractivity contribution in [2.75, 3.05) is 25.6 Å². The smallest absolute Gasteiger partial charge is 0.252 e. The number of hydrogen-bond donors (Lipinski definition) is 1. The van der Waals surface area contributed by atoms with Gasteiger partial charge in [0.1, 0.15) is 11.9 Å². The zero-order valence-electron chi connectivity index (χ0n) is 11.3. The molecule has 0 bridgehead atoms. The monoisotopic (exact) mass is 280 g/mol. The molecule has 1 fully saturated rings. The summed E-state index contributed by atoms with van der Waals surface area (Å²) in [6, 6.07) is 5.12. The molecule has 1 heterocycles. The van der Waals surface area contributed by atoms with Gasteiger partial charge in [0.25, 0.3) is 5.91 Å². The minimum atomic E-state index is -0.574. The van der Waals surface area contributed by atoms with Gasteiger partial charge in [0, 0.05) is 25.9 Å². The van der Waals surface area contributed by atoms with Gasteiger partial charge in [-0.1, -0.05) is 0 Å². The van der Waals surface area contributed by atoms with Crippen molar-refractivity contribution in [2.24, 2.45) is 0 Å². The van der Waals surface area contributed by atoms with E-state index in [1.54, 1.807) is 19.2 Å². The van der Waals surface area contributed by atoms with Gasteiger partial charge in [0.2, 0.25) is 5.91 Å². The summed E-state index contributed by atoms with van der Waals surface area (Å²) < 4.78 is 17.7. The van der Waals surface area contributed by atoms with Gasteiger partial charge in [-0.15, -0.1) is 0 Å². The Hall–Kier alpha value is -1.95. The highest BCUT2D eigenvalue weighted by Crippen LogP contribution is 2.19. The molecule has 20 heavy (non-hydrogen) atoms. The minimum Gasteiger partial charge on any atom is -0.385 e. The van der Waals surface area contributed by atoms with E-state index >= 15 is 0 Å². The fraction of sp³-hybridized carbons (Fsp3) is 0.429. The third-order valence-corrected chi connectivity index (χ3v) is 3.16. The van der Waals surface area contributed by atoms with Crippen LogP contribution < -0.4 is 5.32 Å². The Labute approximate surface area is 116 Å². The van der Waals surface area contributed by atoms with E-state index in [9.17, 15) is 14.0 Å². The molecule has 0 aliphatic carbocycles. The molecule has 0 radical (unpaired) electrons. The third kappa shape index (κ3) is 3.33.